The van der Waals surface area contributed by atoms with Crippen molar-refractivity contribution in [2.45, 2.75) is 6.92 Å². The molecule has 0 fully saturated rings. The number of aromatic nitrogens is 1. The molecule has 0 aliphatic carbocycles. The molecule has 0 bridgehead atoms. The molecule has 0 atom stereocenters. The van der Waals surface area contributed by atoms with Gasteiger partial charge >= 0.3 is 0 Å². The smallest absolute Gasteiger partial charge is 0.104 e. The highest BCUT2D eigenvalue weighted by atomic mass is 32.1. The Hall–Kier alpha value is -1.48. The molecule has 2 aromatic rings. The number of pyridine rings is 1. The zero-order valence-electron chi connectivity index (χ0n) is 7.82. The van der Waals surface area contributed by atoms with Gasteiger partial charge in [-0.2, -0.15) is 0 Å². The number of nitrogens with zero attached hydrogens (tertiary/aromatic N) is 1. The van der Waals surface area contributed by atoms with Gasteiger partial charge in [-0.1, -0.05) is 30.4 Å². The van der Waals surface area contributed by atoms with E-state index < -0.39 is 0 Å². The zero-order valence-corrected chi connectivity index (χ0v) is 8.64. The lowest BCUT2D eigenvalue weighted by Crippen LogP contribution is -2.12. The summed E-state index contributed by atoms with van der Waals surface area (Å²) in [6.07, 6.45) is 1.80. The second kappa shape index (κ2) is 3.35. The molecule has 2 nitrogen and oxygen atoms in total. The van der Waals surface area contributed by atoms with Crippen molar-refractivity contribution in [3.8, 4) is 0 Å². The van der Waals surface area contributed by atoms with E-state index in [1.165, 1.54) is 0 Å². The summed E-state index contributed by atoms with van der Waals surface area (Å²) in [5.74, 6) is 0. The van der Waals surface area contributed by atoms with Gasteiger partial charge in [-0.15, -0.1) is 0 Å². The quantitative estimate of drug-likeness (QED) is 0.720. The molecule has 1 heterocycles. The Morgan fingerprint density at radius 1 is 1.36 bits per heavy atom. The molecule has 0 radical (unpaired) electrons. The first kappa shape index (κ1) is 9.09. The number of rotatable bonds is 1. The molecular formula is C11H10N2S. The lowest BCUT2D eigenvalue weighted by atomic mass is 10.0. The van der Waals surface area contributed by atoms with Crippen LogP contribution in [0.4, 0.5) is 0 Å². The first-order valence-corrected chi connectivity index (χ1v) is 4.75. The van der Waals surface area contributed by atoms with E-state index in [0.29, 0.717) is 4.99 Å². The molecule has 0 amide bonds. The van der Waals surface area contributed by atoms with Crippen LogP contribution in [0.2, 0.25) is 0 Å². The van der Waals surface area contributed by atoms with E-state index in [1.807, 2.05) is 31.2 Å². The Labute approximate surface area is 87.8 Å². The molecule has 2 N–H and O–H groups in total. The zero-order chi connectivity index (χ0) is 10.1. The molecule has 0 aliphatic heterocycles. The molecule has 0 saturated carbocycles. The predicted octanol–water partition coefficient (Wildman–Crippen LogP) is 2.18. The van der Waals surface area contributed by atoms with Gasteiger partial charge in [0.05, 0.1) is 5.52 Å². The molecule has 2 rings (SSSR count). The van der Waals surface area contributed by atoms with Gasteiger partial charge in [0.15, 0.2) is 0 Å². The number of hydrogen-bond donors (Lipinski definition) is 1. The molecule has 0 saturated heterocycles. The van der Waals surface area contributed by atoms with E-state index in [-0.39, 0.29) is 0 Å². The normalized spacial score (nSPS) is 10.4. The number of thiocarbonyl (C=S) groups is 1. The SMILES string of the molecule is Cc1cnc2ccccc2c1C(N)=S. The van der Waals surface area contributed by atoms with Crippen LogP contribution in [0.1, 0.15) is 11.1 Å². The van der Waals surface area contributed by atoms with Crippen molar-refractivity contribution in [2.75, 3.05) is 0 Å². The van der Waals surface area contributed by atoms with E-state index in [0.717, 1.165) is 22.0 Å². The Kier molecular flexibility index (Phi) is 2.17. The molecule has 3 heteroatoms. The number of nitrogens with two attached hydrogens (primary N) is 1. The van der Waals surface area contributed by atoms with Crippen molar-refractivity contribution in [3.63, 3.8) is 0 Å². The minimum atomic E-state index is 0.432. The summed E-state index contributed by atoms with van der Waals surface area (Å²) < 4.78 is 0. The van der Waals surface area contributed by atoms with Crippen LogP contribution >= 0.6 is 12.2 Å². The van der Waals surface area contributed by atoms with Gasteiger partial charge in [0.2, 0.25) is 0 Å². The molecule has 0 unspecified atom stereocenters. The van der Waals surface area contributed by atoms with Crippen molar-refractivity contribution in [3.05, 3.63) is 41.6 Å². The predicted molar refractivity (Wildman–Crippen MR) is 62.4 cm³/mol. The number of hydrogen-bond acceptors (Lipinski definition) is 2. The highest BCUT2D eigenvalue weighted by molar-refractivity contribution is 7.80. The standard InChI is InChI=1S/C11H10N2S/c1-7-6-13-9-5-3-2-4-8(9)10(7)11(12)14/h2-6H,1H3,(H2,12,14). The third kappa shape index (κ3) is 1.36. The highest BCUT2D eigenvalue weighted by Gasteiger charge is 2.06. The van der Waals surface area contributed by atoms with Gasteiger partial charge in [-0.3, -0.25) is 4.98 Å². The first-order chi connectivity index (χ1) is 6.70. The summed E-state index contributed by atoms with van der Waals surface area (Å²) in [5.41, 5.74) is 8.58. The summed E-state index contributed by atoms with van der Waals surface area (Å²) in [5, 5.41) is 1.03. The summed E-state index contributed by atoms with van der Waals surface area (Å²) in [6.45, 7) is 1.97. The number of benzene rings is 1. The van der Waals surface area contributed by atoms with E-state index in [4.69, 9.17) is 18.0 Å². The lowest BCUT2D eigenvalue weighted by molar-refractivity contribution is 1.32. The summed E-state index contributed by atoms with van der Waals surface area (Å²) in [4.78, 5) is 4.74. The average Bonchev–Trinajstić information content (AvgIpc) is 2.17. The van der Waals surface area contributed by atoms with Crippen LogP contribution in [0.5, 0.6) is 0 Å². The molecule has 0 spiro atoms. The van der Waals surface area contributed by atoms with Gasteiger partial charge in [0.25, 0.3) is 0 Å². The topological polar surface area (TPSA) is 38.9 Å². The first-order valence-electron chi connectivity index (χ1n) is 4.34. The Balaban J connectivity index is 2.90. The largest absolute Gasteiger partial charge is 0.389 e. The summed E-state index contributed by atoms with van der Waals surface area (Å²) in [6, 6.07) is 7.86. The van der Waals surface area contributed by atoms with Crippen LogP contribution in [-0.4, -0.2) is 9.97 Å². The fraction of sp³-hybridized carbons (Fsp3) is 0.0909. The third-order valence-corrected chi connectivity index (χ3v) is 2.42. The maximum atomic E-state index is 5.68. The fourth-order valence-electron chi connectivity index (χ4n) is 1.57. The van der Waals surface area contributed by atoms with Gasteiger partial charge in [0.1, 0.15) is 4.99 Å². The van der Waals surface area contributed by atoms with Crippen molar-refractivity contribution >= 4 is 28.1 Å². The number of fused-ring (bicyclic) bond motifs is 1. The van der Waals surface area contributed by atoms with Gasteiger partial charge in [-0.25, -0.2) is 0 Å². The number of para-hydroxylation sites is 1. The van der Waals surface area contributed by atoms with E-state index in [1.54, 1.807) is 6.20 Å². The van der Waals surface area contributed by atoms with E-state index >= 15 is 0 Å². The molecule has 1 aromatic heterocycles. The maximum Gasteiger partial charge on any atom is 0.104 e. The van der Waals surface area contributed by atoms with Crippen molar-refractivity contribution in [1.82, 2.24) is 4.98 Å². The molecule has 14 heavy (non-hydrogen) atoms. The molecule has 1 aromatic carbocycles. The second-order valence-corrected chi connectivity index (χ2v) is 3.64. The van der Waals surface area contributed by atoms with Crippen LogP contribution in [0.25, 0.3) is 10.9 Å². The van der Waals surface area contributed by atoms with Gasteiger partial charge in [0, 0.05) is 17.1 Å². The van der Waals surface area contributed by atoms with Gasteiger partial charge < -0.3 is 5.73 Å². The van der Waals surface area contributed by atoms with Crippen molar-refractivity contribution in [2.24, 2.45) is 5.73 Å². The Morgan fingerprint density at radius 3 is 2.79 bits per heavy atom. The monoisotopic (exact) mass is 202 g/mol. The van der Waals surface area contributed by atoms with Crippen molar-refractivity contribution < 1.29 is 0 Å². The third-order valence-electron chi connectivity index (χ3n) is 2.21. The highest BCUT2D eigenvalue weighted by Crippen LogP contribution is 2.19. The summed E-state index contributed by atoms with van der Waals surface area (Å²) >= 11 is 5.03. The second-order valence-electron chi connectivity index (χ2n) is 3.20. The lowest BCUT2D eigenvalue weighted by Gasteiger charge is -2.07. The Morgan fingerprint density at radius 2 is 2.07 bits per heavy atom. The Bertz CT molecular complexity index is 506. The van der Waals surface area contributed by atoms with E-state index in [9.17, 15) is 0 Å². The van der Waals surface area contributed by atoms with Crippen LogP contribution in [0, 0.1) is 6.92 Å². The van der Waals surface area contributed by atoms with Crippen LogP contribution in [0.15, 0.2) is 30.5 Å². The van der Waals surface area contributed by atoms with Crippen LogP contribution < -0.4 is 5.73 Å². The molecule has 70 valence electrons. The fourth-order valence-corrected chi connectivity index (χ4v) is 1.84. The van der Waals surface area contributed by atoms with Crippen LogP contribution in [0.3, 0.4) is 0 Å². The molecule has 0 aliphatic rings. The van der Waals surface area contributed by atoms with Crippen molar-refractivity contribution in [1.29, 1.82) is 0 Å². The minimum Gasteiger partial charge on any atom is -0.389 e. The number of aryl methyl sites for hydroxylation is 1. The minimum absolute atomic E-state index is 0.432. The maximum absolute atomic E-state index is 5.68. The molecular weight excluding hydrogens is 192 g/mol. The average molecular weight is 202 g/mol. The summed E-state index contributed by atoms with van der Waals surface area (Å²) in [7, 11) is 0. The van der Waals surface area contributed by atoms with Gasteiger partial charge in [-0.05, 0) is 18.6 Å². The van der Waals surface area contributed by atoms with E-state index in [2.05, 4.69) is 4.98 Å². The van der Waals surface area contributed by atoms with Crippen LogP contribution in [-0.2, 0) is 0 Å².